The van der Waals surface area contributed by atoms with Gasteiger partial charge in [-0.15, -0.1) is 4.91 Å². The summed E-state index contributed by atoms with van der Waals surface area (Å²) >= 11 is 2.10. The van der Waals surface area contributed by atoms with Crippen LogP contribution >= 0.6 is 22.6 Å². The summed E-state index contributed by atoms with van der Waals surface area (Å²) in [6.07, 6.45) is 0. The minimum absolute atomic E-state index is 0.405. The van der Waals surface area contributed by atoms with Gasteiger partial charge >= 0.3 is 0 Å². The van der Waals surface area contributed by atoms with Crippen LogP contribution in [0, 0.1) is 8.61 Å². The quantitative estimate of drug-likeness (QED) is 0.641. The van der Waals surface area contributed by atoms with E-state index in [1.165, 1.54) is 0 Å². The number of nitroso groups, excluding NO2 is 1. The molecule has 1 heterocycles. The Hall–Kier alpha value is -0.980. The summed E-state index contributed by atoms with van der Waals surface area (Å²) in [5, 5.41) is 10.5. The van der Waals surface area contributed by atoms with Crippen molar-refractivity contribution in [3.8, 4) is 0 Å². The van der Waals surface area contributed by atoms with Crippen molar-refractivity contribution in [3.63, 3.8) is 0 Å². The highest BCUT2D eigenvalue weighted by atomic mass is 127. The van der Waals surface area contributed by atoms with Gasteiger partial charge in [-0.1, -0.05) is 6.07 Å². The summed E-state index contributed by atoms with van der Waals surface area (Å²) in [6.45, 7) is 0. The van der Waals surface area contributed by atoms with Gasteiger partial charge in [-0.2, -0.15) is 5.10 Å². The van der Waals surface area contributed by atoms with E-state index in [4.69, 9.17) is 0 Å². The van der Waals surface area contributed by atoms with E-state index in [9.17, 15) is 4.91 Å². The van der Waals surface area contributed by atoms with Crippen molar-refractivity contribution in [1.82, 2.24) is 10.2 Å². The molecule has 0 atom stereocenters. The van der Waals surface area contributed by atoms with Crippen molar-refractivity contribution in [2.45, 2.75) is 0 Å². The first-order chi connectivity index (χ1) is 5.83. The SMILES string of the molecule is O=Nc1cccc2c(I)n[nH]c12. The molecule has 0 amide bonds. The number of nitrogens with zero attached hydrogens (tertiary/aromatic N) is 2. The molecule has 0 radical (unpaired) electrons. The van der Waals surface area contributed by atoms with Crippen LogP contribution in [0.2, 0.25) is 0 Å². The molecule has 1 aromatic carbocycles. The lowest BCUT2D eigenvalue weighted by molar-refractivity contribution is 1.09. The molecule has 0 aliphatic heterocycles. The van der Waals surface area contributed by atoms with Crippen LogP contribution in [0.1, 0.15) is 0 Å². The largest absolute Gasteiger partial charge is 0.274 e. The Labute approximate surface area is 81.5 Å². The molecule has 2 rings (SSSR count). The third kappa shape index (κ3) is 1.01. The number of hydrogen-bond donors (Lipinski definition) is 1. The standard InChI is InChI=1S/C7H4IN3O/c8-7-4-2-1-3-5(11-12)6(4)9-10-7/h1-3H,(H,9,10). The fourth-order valence-electron chi connectivity index (χ4n) is 1.07. The molecule has 0 aliphatic carbocycles. The van der Waals surface area contributed by atoms with Crippen molar-refractivity contribution in [2.75, 3.05) is 0 Å². The van der Waals surface area contributed by atoms with Gasteiger partial charge < -0.3 is 0 Å². The Morgan fingerprint density at radius 2 is 2.33 bits per heavy atom. The maximum atomic E-state index is 10.3. The predicted molar refractivity (Wildman–Crippen MR) is 54.3 cm³/mol. The maximum absolute atomic E-state index is 10.3. The van der Waals surface area contributed by atoms with Gasteiger partial charge in [0, 0.05) is 5.39 Å². The van der Waals surface area contributed by atoms with E-state index in [-0.39, 0.29) is 0 Å². The van der Waals surface area contributed by atoms with Crippen molar-refractivity contribution in [2.24, 2.45) is 5.18 Å². The van der Waals surface area contributed by atoms with E-state index >= 15 is 0 Å². The molecule has 0 bridgehead atoms. The Morgan fingerprint density at radius 3 is 3.08 bits per heavy atom. The third-order valence-electron chi connectivity index (χ3n) is 1.63. The van der Waals surface area contributed by atoms with Crippen molar-refractivity contribution in [3.05, 3.63) is 26.8 Å². The number of aromatic nitrogens is 2. The first kappa shape index (κ1) is 7.66. The minimum Gasteiger partial charge on any atom is -0.274 e. The Bertz CT molecular complexity index is 437. The fraction of sp³-hybridized carbons (Fsp3) is 0. The van der Waals surface area contributed by atoms with Crippen LogP contribution in [0.4, 0.5) is 5.69 Å². The van der Waals surface area contributed by atoms with Crippen molar-refractivity contribution in [1.29, 1.82) is 0 Å². The number of hydrogen-bond acceptors (Lipinski definition) is 3. The van der Waals surface area contributed by atoms with Crippen LogP contribution in [0.15, 0.2) is 23.4 Å². The van der Waals surface area contributed by atoms with Crippen molar-refractivity contribution < 1.29 is 0 Å². The lowest BCUT2D eigenvalue weighted by Crippen LogP contribution is -1.68. The van der Waals surface area contributed by atoms with E-state index in [2.05, 4.69) is 38.0 Å². The van der Waals surface area contributed by atoms with Gasteiger partial charge in [-0.05, 0) is 39.9 Å². The van der Waals surface area contributed by atoms with E-state index in [1.807, 2.05) is 6.07 Å². The molecule has 60 valence electrons. The number of aromatic amines is 1. The molecule has 0 saturated heterocycles. The van der Waals surface area contributed by atoms with Gasteiger partial charge in [-0.3, -0.25) is 5.10 Å². The summed E-state index contributed by atoms with van der Waals surface area (Å²) in [7, 11) is 0. The molecule has 5 heteroatoms. The lowest BCUT2D eigenvalue weighted by Gasteiger charge is -1.89. The molecule has 0 aliphatic rings. The zero-order valence-corrected chi connectivity index (χ0v) is 8.07. The average Bonchev–Trinajstić information content (AvgIpc) is 2.48. The number of nitrogens with one attached hydrogen (secondary N) is 1. The van der Waals surface area contributed by atoms with Crippen LogP contribution in [-0.4, -0.2) is 10.2 Å². The van der Waals surface area contributed by atoms with E-state index < -0.39 is 0 Å². The number of H-pyrrole nitrogens is 1. The zero-order valence-electron chi connectivity index (χ0n) is 5.91. The molecule has 12 heavy (non-hydrogen) atoms. The van der Waals surface area contributed by atoms with Gasteiger partial charge in [0.25, 0.3) is 0 Å². The second-order valence-electron chi connectivity index (χ2n) is 2.31. The number of halogens is 1. The van der Waals surface area contributed by atoms with Gasteiger partial charge in [-0.25, -0.2) is 0 Å². The fourth-order valence-corrected chi connectivity index (χ4v) is 1.64. The van der Waals surface area contributed by atoms with Crippen LogP contribution in [0.3, 0.4) is 0 Å². The molecule has 1 N–H and O–H groups in total. The molecule has 0 unspecified atom stereocenters. The summed E-state index contributed by atoms with van der Waals surface area (Å²) in [5.41, 5.74) is 1.11. The summed E-state index contributed by atoms with van der Waals surface area (Å²) in [6, 6.07) is 5.34. The Kier molecular flexibility index (Phi) is 1.80. The molecule has 1 aromatic heterocycles. The molecule has 0 spiro atoms. The second-order valence-corrected chi connectivity index (χ2v) is 3.33. The molecular weight excluding hydrogens is 269 g/mol. The van der Waals surface area contributed by atoms with Crippen LogP contribution in [-0.2, 0) is 0 Å². The van der Waals surface area contributed by atoms with E-state index in [0.717, 1.165) is 9.09 Å². The third-order valence-corrected chi connectivity index (χ3v) is 2.45. The van der Waals surface area contributed by atoms with Crippen LogP contribution < -0.4 is 0 Å². The first-order valence-electron chi connectivity index (χ1n) is 3.29. The van der Waals surface area contributed by atoms with Gasteiger partial charge in [0.05, 0.1) is 5.52 Å². The summed E-state index contributed by atoms with van der Waals surface area (Å²) in [4.78, 5) is 10.3. The van der Waals surface area contributed by atoms with E-state index in [1.54, 1.807) is 12.1 Å². The topological polar surface area (TPSA) is 58.1 Å². The molecule has 0 fully saturated rings. The predicted octanol–water partition coefficient (Wildman–Crippen LogP) is 2.57. The number of benzene rings is 1. The molecule has 2 aromatic rings. The first-order valence-corrected chi connectivity index (χ1v) is 4.37. The lowest BCUT2D eigenvalue weighted by atomic mass is 10.2. The highest BCUT2D eigenvalue weighted by Gasteiger charge is 2.05. The minimum atomic E-state index is 0.405. The van der Waals surface area contributed by atoms with Crippen molar-refractivity contribution >= 4 is 39.2 Å². The molecule has 4 nitrogen and oxygen atoms in total. The number of rotatable bonds is 1. The van der Waals surface area contributed by atoms with Gasteiger partial charge in [0.2, 0.25) is 0 Å². The smallest absolute Gasteiger partial charge is 0.133 e. The highest BCUT2D eigenvalue weighted by molar-refractivity contribution is 14.1. The van der Waals surface area contributed by atoms with Gasteiger partial charge in [0.1, 0.15) is 9.39 Å². The zero-order chi connectivity index (χ0) is 8.55. The highest BCUT2D eigenvalue weighted by Crippen LogP contribution is 2.26. The Morgan fingerprint density at radius 1 is 1.50 bits per heavy atom. The monoisotopic (exact) mass is 273 g/mol. The Balaban J connectivity index is 2.89. The molecule has 0 saturated carbocycles. The normalized spacial score (nSPS) is 10.4. The van der Waals surface area contributed by atoms with E-state index in [0.29, 0.717) is 11.2 Å². The number of fused-ring (bicyclic) bond motifs is 1. The second kappa shape index (κ2) is 2.81. The average molecular weight is 273 g/mol. The molecular formula is C7H4IN3O. The summed E-state index contributed by atoms with van der Waals surface area (Å²) < 4.78 is 0.855. The van der Waals surface area contributed by atoms with Gasteiger partial charge in [0.15, 0.2) is 0 Å². The number of para-hydroxylation sites is 1. The maximum Gasteiger partial charge on any atom is 0.133 e. The summed E-state index contributed by atoms with van der Waals surface area (Å²) in [5.74, 6) is 0. The van der Waals surface area contributed by atoms with Crippen LogP contribution in [0.5, 0.6) is 0 Å². The van der Waals surface area contributed by atoms with Crippen LogP contribution in [0.25, 0.3) is 10.9 Å².